The number of aryl methyl sites for hydroxylation is 1. The molecule has 0 amide bonds. The van der Waals surface area contributed by atoms with Crippen molar-refractivity contribution in [2.75, 3.05) is 11.9 Å². The van der Waals surface area contributed by atoms with Crippen molar-refractivity contribution in [3.05, 3.63) is 24.0 Å². The summed E-state index contributed by atoms with van der Waals surface area (Å²) in [6.45, 7) is 6.70. The van der Waals surface area contributed by atoms with E-state index in [1.165, 1.54) is 0 Å². The molecular formula is C12H18N4. The summed E-state index contributed by atoms with van der Waals surface area (Å²) in [6.07, 6.45) is 0. The van der Waals surface area contributed by atoms with Crippen LogP contribution in [0.15, 0.2) is 18.2 Å². The molecule has 4 nitrogen and oxygen atoms in total. The highest BCUT2D eigenvalue weighted by molar-refractivity contribution is 5.79. The standard InChI is InChI=1S/C12H18N4/c1-8-14-10-5-4-9(6-11(10)15-8)16-12(2,3)7-13/h4-6,16H,7,13H2,1-3H3,(H,14,15). The van der Waals surface area contributed by atoms with Crippen molar-refractivity contribution >= 4 is 16.7 Å². The van der Waals surface area contributed by atoms with E-state index in [1.807, 2.05) is 19.1 Å². The fourth-order valence-electron chi connectivity index (χ4n) is 1.66. The minimum atomic E-state index is -0.0945. The van der Waals surface area contributed by atoms with Crippen molar-refractivity contribution in [2.45, 2.75) is 26.3 Å². The van der Waals surface area contributed by atoms with Crippen molar-refractivity contribution in [3.8, 4) is 0 Å². The Morgan fingerprint density at radius 3 is 2.88 bits per heavy atom. The number of aromatic nitrogens is 2. The van der Waals surface area contributed by atoms with E-state index < -0.39 is 0 Å². The number of rotatable bonds is 3. The average Bonchev–Trinajstić information content (AvgIpc) is 2.57. The van der Waals surface area contributed by atoms with E-state index in [2.05, 4.69) is 35.2 Å². The van der Waals surface area contributed by atoms with Crippen LogP contribution in [0.3, 0.4) is 0 Å². The zero-order valence-electron chi connectivity index (χ0n) is 9.96. The first-order valence-electron chi connectivity index (χ1n) is 5.45. The summed E-state index contributed by atoms with van der Waals surface area (Å²) in [7, 11) is 0. The molecule has 4 N–H and O–H groups in total. The van der Waals surface area contributed by atoms with Crippen molar-refractivity contribution in [2.24, 2.45) is 5.73 Å². The van der Waals surface area contributed by atoms with Crippen LogP contribution in [-0.2, 0) is 0 Å². The van der Waals surface area contributed by atoms with Gasteiger partial charge in [0, 0.05) is 17.8 Å². The molecule has 0 aliphatic rings. The molecule has 16 heavy (non-hydrogen) atoms. The largest absolute Gasteiger partial charge is 0.379 e. The second kappa shape index (κ2) is 3.79. The summed E-state index contributed by atoms with van der Waals surface area (Å²) in [6, 6.07) is 6.10. The van der Waals surface area contributed by atoms with E-state index in [9.17, 15) is 0 Å². The third kappa shape index (κ3) is 2.17. The topological polar surface area (TPSA) is 66.7 Å². The minimum Gasteiger partial charge on any atom is -0.379 e. The Kier molecular flexibility index (Phi) is 2.59. The molecule has 1 heterocycles. The first kappa shape index (κ1) is 11.0. The maximum atomic E-state index is 5.69. The van der Waals surface area contributed by atoms with Gasteiger partial charge in [-0.2, -0.15) is 0 Å². The van der Waals surface area contributed by atoms with Gasteiger partial charge in [0.15, 0.2) is 0 Å². The molecule has 0 aliphatic heterocycles. The van der Waals surface area contributed by atoms with Gasteiger partial charge in [0.2, 0.25) is 0 Å². The molecule has 0 bridgehead atoms. The highest BCUT2D eigenvalue weighted by atomic mass is 15.0. The molecule has 0 aliphatic carbocycles. The molecule has 0 atom stereocenters. The number of hydrogen-bond donors (Lipinski definition) is 3. The number of nitrogens with two attached hydrogens (primary N) is 1. The van der Waals surface area contributed by atoms with Crippen molar-refractivity contribution in [1.29, 1.82) is 0 Å². The second-order valence-electron chi connectivity index (χ2n) is 4.77. The van der Waals surface area contributed by atoms with Gasteiger partial charge in [-0.05, 0) is 39.0 Å². The second-order valence-corrected chi connectivity index (χ2v) is 4.77. The van der Waals surface area contributed by atoms with Crippen molar-refractivity contribution < 1.29 is 0 Å². The van der Waals surface area contributed by atoms with E-state index in [0.717, 1.165) is 22.5 Å². The predicted octanol–water partition coefficient (Wildman–Crippen LogP) is 2.02. The molecule has 0 fully saturated rings. The lowest BCUT2D eigenvalue weighted by atomic mass is 10.1. The number of nitrogens with zero attached hydrogens (tertiary/aromatic N) is 1. The molecule has 86 valence electrons. The van der Waals surface area contributed by atoms with Crippen LogP contribution in [0.25, 0.3) is 11.0 Å². The van der Waals surface area contributed by atoms with Crippen LogP contribution < -0.4 is 11.1 Å². The molecule has 1 aromatic heterocycles. The molecule has 0 saturated carbocycles. The molecule has 0 unspecified atom stereocenters. The fourth-order valence-corrected chi connectivity index (χ4v) is 1.66. The van der Waals surface area contributed by atoms with Crippen LogP contribution in [0.5, 0.6) is 0 Å². The normalized spacial score (nSPS) is 12.0. The Hall–Kier alpha value is -1.55. The number of aromatic amines is 1. The summed E-state index contributed by atoms with van der Waals surface area (Å²) in [5, 5.41) is 3.40. The summed E-state index contributed by atoms with van der Waals surface area (Å²) >= 11 is 0. The van der Waals surface area contributed by atoms with Crippen LogP contribution in [-0.4, -0.2) is 22.1 Å². The Morgan fingerprint density at radius 2 is 2.19 bits per heavy atom. The average molecular weight is 218 g/mol. The molecular weight excluding hydrogens is 200 g/mol. The van der Waals surface area contributed by atoms with Crippen LogP contribution >= 0.6 is 0 Å². The molecule has 2 rings (SSSR count). The lowest BCUT2D eigenvalue weighted by molar-refractivity contribution is 0.580. The smallest absolute Gasteiger partial charge is 0.104 e. The van der Waals surface area contributed by atoms with Gasteiger partial charge in [-0.3, -0.25) is 0 Å². The molecule has 2 aromatic rings. The minimum absolute atomic E-state index is 0.0945. The first-order valence-corrected chi connectivity index (χ1v) is 5.45. The van der Waals surface area contributed by atoms with Crippen molar-refractivity contribution in [3.63, 3.8) is 0 Å². The van der Waals surface area contributed by atoms with E-state index in [4.69, 9.17) is 5.73 Å². The quantitative estimate of drug-likeness (QED) is 0.738. The number of nitrogens with one attached hydrogen (secondary N) is 2. The molecule has 0 spiro atoms. The SMILES string of the molecule is Cc1nc2ccc(NC(C)(C)CN)cc2[nH]1. The van der Waals surface area contributed by atoms with Gasteiger partial charge in [0.1, 0.15) is 5.82 Å². The highest BCUT2D eigenvalue weighted by Gasteiger charge is 2.14. The fraction of sp³-hybridized carbons (Fsp3) is 0.417. The highest BCUT2D eigenvalue weighted by Crippen LogP contribution is 2.19. The van der Waals surface area contributed by atoms with E-state index in [-0.39, 0.29) is 5.54 Å². The molecule has 4 heteroatoms. The third-order valence-electron chi connectivity index (χ3n) is 2.59. The number of fused-ring (bicyclic) bond motifs is 1. The third-order valence-corrected chi connectivity index (χ3v) is 2.59. The number of benzene rings is 1. The monoisotopic (exact) mass is 218 g/mol. The van der Waals surface area contributed by atoms with Gasteiger partial charge in [-0.15, -0.1) is 0 Å². The van der Waals surface area contributed by atoms with Gasteiger partial charge in [0.25, 0.3) is 0 Å². The lowest BCUT2D eigenvalue weighted by Crippen LogP contribution is -2.39. The van der Waals surface area contributed by atoms with Gasteiger partial charge >= 0.3 is 0 Å². The van der Waals surface area contributed by atoms with Gasteiger partial charge in [-0.1, -0.05) is 0 Å². The van der Waals surface area contributed by atoms with E-state index in [0.29, 0.717) is 6.54 Å². The number of H-pyrrole nitrogens is 1. The Balaban J connectivity index is 2.32. The zero-order chi connectivity index (χ0) is 11.8. The maximum Gasteiger partial charge on any atom is 0.104 e. The van der Waals surface area contributed by atoms with Gasteiger partial charge in [-0.25, -0.2) is 4.98 Å². The summed E-state index contributed by atoms with van der Waals surface area (Å²) in [4.78, 5) is 7.58. The Labute approximate surface area is 95.3 Å². The maximum absolute atomic E-state index is 5.69. The summed E-state index contributed by atoms with van der Waals surface area (Å²) < 4.78 is 0. The first-order chi connectivity index (χ1) is 7.50. The predicted molar refractivity (Wildman–Crippen MR) is 67.6 cm³/mol. The van der Waals surface area contributed by atoms with E-state index in [1.54, 1.807) is 0 Å². The number of anilines is 1. The van der Waals surface area contributed by atoms with Crippen LogP contribution in [0.2, 0.25) is 0 Å². The van der Waals surface area contributed by atoms with Crippen LogP contribution in [0.4, 0.5) is 5.69 Å². The van der Waals surface area contributed by atoms with Gasteiger partial charge < -0.3 is 16.0 Å². The van der Waals surface area contributed by atoms with Crippen molar-refractivity contribution in [1.82, 2.24) is 9.97 Å². The number of hydrogen-bond acceptors (Lipinski definition) is 3. The molecule has 0 saturated heterocycles. The zero-order valence-corrected chi connectivity index (χ0v) is 9.96. The number of imidazole rings is 1. The molecule has 0 radical (unpaired) electrons. The lowest BCUT2D eigenvalue weighted by Gasteiger charge is -2.25. The Morgan fingerprint density at radius 1 is 1.44 bits per heavy atom. The van der Waals surface area contributed by atoms with Crippen LogP contribution in [0.1, 0.15) is 19.7 Å². The van der Waals surface area contributed by atoms with E-state index >= 15 is 0 Å². The Bertz CT molecular complexity index is 499. The summed E-state index contributed by atoms with van der Waals surface area (Å²) in [5.74, 6) is 0.935. The van der Waals surface area contributed by atoms with Crippen LogP contribution in [0, 0.1) is 6.92 Å². The molecule has 1 aromatic carbocycles. The summed E-state index contributed by atoms with van der Waals surface area (Å²) in [5.41, 5.74) is 8.70. The van der Waals surface area contributed by atoms with Gasteiger partial charge in [0.05, 0.1) is 11.0 Å².